The lowest BCUT2D eigenvalue weighted by molar-refractivity contribution is -0.274. The third kappa shape index (κ3) is 46.4. The fraction of sp³-hybridized carbons (Fsp3) is 0.248. The van der Waals surface area contributed by atoms with Gasteiger partial charge in [-0.15, -0.1) is 13.2 Å². The van der Waals surface area contributed by atoms with Crippen molar-refractivity contribution in [3.63, 3.8) is 0 Å². The van der Waals surface area contributed by atoms with Gasteiger partial charge in [-0.2, -0.15) is 5.10 Å². The summed E-state index contributed by atoms with van der Waals surface area (Å²) in [6.07, 6.45) is -0.414. The number of rotatable bonds is 16. The summed E-state index contributed by atoms with van der Waals surface area (Å²) in [6.45, 7) is 28.7. The second kappa shape index (κ2) is 56.7. The van der Waals surface area contributed by atoms with Gasteiger partial charge in [-0.05, 0) is 251 Å². The molecule has 0 atom stereocenters. The minimum atomic E-state index is -4.60. The van der Waals surface area contributed by atoms with Gasteiger partial charge in [-0.3, -0.25) is 9.48 Å². The number of hydrogen-bond acceptors (Lipinski definition) is 12. The molecule has 0 fully saturated rings. The number of methoxy groups -OCH3 is 7. The van der Waals surface area contributed by atoms with Gasteiger partial charge < -0.3 is 47.4 Å². The summed E-state index contributed by atoms with van der Waals surface area (Å²) >= 11 is 5.75. The molecule has 0 aliphatic heterocycles. The van der Waals surface area contributed by atoms with Gasteiger partial charge in [0.1, 0.15) is 70.0 Å². The van der Waals surface area contributed by atoms with Crippen LogP contribution in [0, 0.1) is 93.6 Å². The van der Waals surface area contributed by atoms with E-state index in [1.54, 1.807) is 84.8 Å². The molecule has 0 radical (unpaired) electrons. The predicted octanol–water partition coefficient (Wildman–Crippen LogP) is 26.8. The number of aryl methyl sites for hydroxylation is 11. The van der Waals surface area contributed by atoms with Gasteiger partial charge in [-0.1, -0.05) is 185 Å². The molecule has 644 valence electrons. The van der Waals surface area contributed by atoms with Crippen molar-refractivity contribution in [3.05, 3.63) is 386 Å². The van der Waals surface area contributed by atoms with E-state index in [1.807, 2.05) is 212 Å². The molecule has 0 spiro atoms. The number of nitrogens with zero attached hydrogens (tertiary/aromatic N) is 2. The number of carbonyl (C=O) groups excluding carboxylic acids is 1. The Hall–Kier alpha value is -12.6. The van der Waals surface area contributed by atoms with Crippen molar-refractivity contribution >= 4 is 17.4 Å². The maximum atomic E-state index is 12.6. The Morgan fingerprint density at radius 1 is 0.380 bits per heavy atom. The normalized spacial score (nSPS) is 9.83. The summed E-state index contributed by atoms with van der Waals surface area (Å²) < 4.78 is 124. The molecule has 0 N–H and O–H groups in total. The Bertz CT molecular complexity index is 4850. The summed E-state index contributed by atoms with van der Waals surface area (Å²) in [5.41, 5.74) is 15.4. The van der Waals surface area contributed by atoms with E-state index in [-0.39, 0.29) is 35.1 Å². The standard InChI is InChI=1S/C14H14O.C11H12N2.C10H14O.C9H12O2.C9H10O.C8H9ClO.C8H7F3O.3C8H9FO.C8H10O/c1-12-7-9-14(10-8-12)15-11-13-5-3-2-4-6-13;1-10-7-12-13(8-10)9-11-5-3-2-4-6-11;1-8(2)11-10-6-4-9(3)5-7-10;1-7-4-8(10-2)6-9(5-7)11-3;1-7-3-5-9(6-4-7)8(2)10;1-6-3-7(9)5-8(4-6)10-2;1-6-2-4-7(5-3-6)12-8(9,10)11;1-6-3-7(9)5-8(4-6)10-2;1-6-3-4-7(9)5-8(6)10-2;1-6-3-4-7(9)8(5-6)10-2;1-7-3-5-8(9-2)6-4-7/h2-10H,11H2,1H3;2-8H,9H2,1H3;4-8H,1-3H3;4-6H,1-3H3;3-6H,1-2H3;3-5H,1-2H3;2-5H,1H3;3*3-5H,1-2H3;3-6H,1-2H3. The summed E-state index contributed by atoms with van der Waals surface area (Å²) in [4.78, 5) is 10.8. The highest BCUT2D eigenvalue weighted by Gasteiger charge is 2.31. The van der Waals surface area contributed by atoms with Crippen LogP contribution in [0.5, 0.6) is 57.5 Å². The van der Waals surface area contributed by atoms with E-state index < -0.39 is 6.36 Å². The molecule has 0 aliphatic carbocycles. The van der Waals surface area contributed by atoms with E-state index in [2.05, 4.69) is 86.1 Å². The van der Waals surface area contributed by atoms with Crippen molar-refractivity contribution in [1.29, 1.82) is 0 Å². The zero-order valence-electron chi connectivity index (χ0n) is 73.2. The SMILES string of the molecule is CC(=O)c1ccc(C)cc1.COc1cc(C)cc(Cl)c1.COc1cc(C)cc(F)c1.COc1cc(C)cc(OC)c1.COc1cc(C)ccc1F.COc1cc(F)ccc1C.COc1ccc(C)cc1.Cc1ccc(OC(C)C)cc1.Cc1ccc(OC(F)(F)F)cc1.Cc1ccc(OCc2ccccc2)cc1.Cc1cnn(Cc2ccccc2)c1. The molecular formula is C101H115ClF6N2O11. The van der Waals surface area contributed by atoms with Crippen LogP contribution < -0.4 is 47.4 Å². The van der Waals surface area contributed by atoms with Crippen LogP contribution in [0.4, 0.5) is 26.3 Å². The molecule has 13 rings (SSSR count). The maximum Gasteiger partial charge on any atom is 0.573 e. The Morgan fingerprint density at radius 2 is 0.793 bits per heavy atom. The van der Waals surface area contributed by atoms with Gasteiger partial charge in [0.05, 0.1) is 68.6 Å². The van der Waals surface area contributed by atoms with E-state index in [0.29, 0.717) is 23.9 Å². The minimum absolute atomic E-state index is 0.125. The van der Waals surface area contributed by atoms with E-state index in [0.717, 1.165) is 85.0 Å². The molecule has 12 aromatic carbocycles. The molecule has 13 nitrogen and oxygen atoms in total. The first-order chi connectivity index (χ1) is 57.5. The van der Waals surface area contributed by atoms with Crippen molar-refractivity contribution in [1.82, 2.24) is 9.78 Å². The number of ether oxygens (including phenoxy) is 10. The lowest BCUT2D eigenvalue weighted by atomic mass is 10.1. The largest absolute Gasteiger partial charge is 0.573 e. The van der Waals surface area contributed by atoms with Gasteiger partial charge in [-0.25, -0.2) is 13.2 Å². The zero-order valence-corrected chi connectivity index (χ0v) is 73.9. The van der Waals surface area contributed by atoms with Crippen LogP contribution in [0.15, 0.2) is 285 Å². The van der Waals surface area contributed by atoms with Gasteiger partial charge in [0, 0.05) is 35.0 Å². The fourth-order valence-electron chi connectivity index (χ4n) is 9.94. The fourth-order valence-corrected chi connectivity index (χ4v) is 10.2. The third-order valence-electron chi connectivity index (χ3n) is 16.3. The Labute approximate surface area is 717 Å². The van der Waals surface area contributed by atoms with Crippen LogP contribution in [-0.4, -0.2) is 77.8 Å². The number of Topliss-reactive ketones (excluding diaryl/α,β-unsaturated/α-hetero) is 1. The second-order valence-corrected chi connectivity index (χ2v) is 28.0. The van der Waals surface area contributed by atoms with Crippen LogP contribution in [0.25, 0.3) is 0 Å². The van der Waals surface area contributed by atoms with Gasteiger partial charge in [0.2, 0.25) is 0 Å². The summed E-state index contributed by atoms with van der Waals surface area (Å²) in [5, 5.41) is 4.95. The van der Waals surface area contributed by atoms with Crippen LogP contribution in [0.3, 0.4) is 0 Å². The molecule has 0 amide bonds. The number of hydrogen-bond donors (Lipinski definition) is 0. The lowest BCUT2D eigenvalue weighted by Crippen LogP contribution is -2.16. The van der Waals surface area contributed by atoms with Crippen LogP contribution in [0.1, 0.15) is 103 Å². The first-order valence-corrected chi connectivity index (χ1v) is 38.9. The molecule has 0 unspecified atom stereocenters. The Balaban J connectivity index is 0.000000345. The average Bonchev–Trinajstić information content (AvgIpc) is 1.83. The average molecular weight is 1680 g/mol. The van der Waals surface area contributed by atoms with E-state index in [9.17, 15) is 31.1 Å². The maximum absolute atomic E-state index is 12.6. The minimum Gasteiger partial charge on any atom is -0.497 e. The molecule has 13 aromatic rings. The molecule has 0 saturated carbocycles. The number of carbonyl (C=O) groups is 1. The second-order valence-electron chi connectivity index (χ2n) is 27.5. The summed E-state index contributed by atoms with van der Waals surface area (Å²) in [7, 11) is 11.1. The molecule has 1 aromatic heterocycles. The Morgan fingerprint density at radius 3 is 1.20 bits per heavy atom. The van der Waals surface area contributed by atoms with Crippen molar-refractivity contribution < 1.29 is 78.5 Å². The van der Waals surface area contributed by atoms with E-state index in [4.69, 9.17) is 54.2 Å². The predicted molar refractivity (Wildman–Crippen MR) is 478 cm³/mol. The number of halogens is 7. The first kappa shape index (κ1) is 103. The van der Waals surface area contributed by atoms with Crippen LogP contribution in [-0.2, 0) is 13.2 Å². The van der Waals surface area contributed by atoms with E-state index in [1.165, 1.54) is 103 Å². The van der Waals surface area contributed by atoms with Crippen molar-refractivity contribution in [2.45, 2.75) is 123 Å². The summed E-state index contributed by atoms with van der Waals surface area (Å²) in [6, 6.07) is 83.2. The van der Waals surface area contributed by atoms with Gasteiger partial charge in [0.15, 0.2) is 17.3 Å². The quantitative estimate of drug-likeness (QED) is 0.0675. The molecule has 121 heavy (non-hydrogen) atoms. The smallest absolute Gasteiger partial charge is 0.497 e. The van der Waals surface area contributed by atoms with Crippen molar-refractivity contribution in [3.8, 4) is 57.5 Å². The summed E-state index contributed by atoms with van der Waals surface area (Å²) in [5.74, 6) is 5.85. The number of alkyl halides is 3. The topological polar surface area (TPSA) is 127 Å². The van der Waals surface area contributed by atoms with E-state index >= 15 is 0 Å². The van der Waals surface area contributed by atoms with Crippen LogP contribution >= 0.6 is 11.6 Å². The lowest BCUT2D eigenvalue weighted by Gasteiger charge is -2.08. The zero-order chi connectivity index (χ0) is 89.8. The molecule has 0 aliphatic rings. The number of benzene rings is 12. The van der Waals surface area contributed by atoms with Crippen molar-refractivity contribution in [2.75, 3.05) is 49.8 Å². The number of aromatic nitrogens is 2. The Kier molecular flexibility index (Phi) is 48.1. The van der Waals surface area contributed by atoms with Gasteiger partial charge >= 0.3 is 6.36 Å². The molecular weight excluding hydrogens is 1570 g/mol. The molecule has 20 heteroatoms. The molecule has 0 bridgehead atoms. The first-order valence-electron chi connectivity index (χ1n) is 38.5. The molecule has 0 saturated heterocycles. The highest BCUT2D eigenvalue weighted by molar-refractivity contribution is 6.30. The third-order valence-corrected chi connectivity index (χ3v) is 16.5. The number of ketones is 1. The highest BCUT2D eigenvalue weighted by atomic mass is 35.5. The highest BCUT2D eigenvalue weighted by Crippen LogP contribution is 2.26. The van der Waals surface area contributed by atoms with Gasteiger partial charge in [0.25, 0.3) is 0 Å². The van der Waals surface area contributed by atoms with Crippen LogP contribution in [0.2, 0.25) is 5.02 Å². The monoisotopic (exact) mass is 1680 g/mol. The van der Waals surface area contributed by atoms with Crippen molar-refractivity contribution in [2.24, 2.45) is 0 Å². The molecule has 1 heterocycles.